The van der Waals surface area contributed by atoms with Gasteiger partial charge in [0.1, 0.15) is 19.0 Å². The first kappa shape index (κ1) is 19.3. The van der Waals surface area contributed by atoms with E-state index in [4.69, 9.17) is 14.2 Å². The molecule has 1 aliphatic heterocycles. The molecule has 1 aromatic heterocycles. The van der Waals surface area contributed by atoms with Gasteiger partial charge in [-0.05, 0) is 43.7 Å². The summed E-state index contributed by atoms with van der Waals surface area (Å²) in [5.74, 6) is 1.69. The lowest BCUT2D eigenvalue weighted by atomic mass is 10.00. The van der Waals surface area contributed by atoms with Crippen LogP contribution in [0.25, 0.3) is 11.3 Å². The Morgan fingerprint density at radius 3 is 2.83 bits per heavy atom. The zero-order valence-electron chi connectivity index (χ0n) is 16.3. The number of carbonyl (C=O) groups is 1. The molecule has 0 aliphatic carbocycles. The van der Waals surface area contributed by atoms with Gasteiger partial charge in [-0.15, -0.1) is 11.3 Å². The number of thiazole rings is 1. The summed E-state index contributed by atoms with van der Waals surface area (Å²) in [6.45, 7) is 5.45. The molecule has 1 aliphatic rings. The molecule has 0 saturated carbocycles. The van der Waals surface area contributed by atoms with Crippen molar-refractivity contribution in [3.8, 4) is 28.5 Å². The molecular weight excluding hydrogens is 388 g/mol. The molecule has 150 valence electrons. The Morgan fingerprint density at radius 2 is 2.00 bits per heavy atom. The minimum atomic E-state index is -0.353. The number of para-hydroxylation sites is 1. The quantitative estimate of drug-likeness (QED) is 0.637. The van der Waals surface area contributed by atoms with Crippen LogP contribution in [0.15, 0.2) is 47.8 Å². The monoisotopic (exact) mass is 410 g/mol. The first-order valence-electron chi connectivity index (χ1n) is 9.54. The van der Waals surface area contributed by atoms with Crippen molar-refractivity contribution in [2.24, 2.45) is 0 Å². The zero-order valence-corrected chi connectivity index (χ0v) is 17.1. The van der Waals surface area contributed by atoms with Crippen molar-refractivity contribution in [1.82, 2.24) is 4.98 Å². The van der Waals surface area contributed by atoms with Crippen molar-refractivity contribution >= 4 is 22.4 Å². The van der Waals surface area contributed by atoms with Crippen molar-refractivity contribution in [3.63, 3.8) is 0 Å². The Balaban J connectivity index is 1.48. The number of nitrogens with one attached hydrogen (secondary N) is 1. The molecule has 0 bridgehead atoms. The average Bonchev–Trinajstić information content (AvgIpc) is 3.21. The normalized spacial score (nSPS) is 13.6. The summed E-state index contributed by atoms with van der Waals surface area (Å²) in [6.07, 6.45) is 0. The van der Waals surface area contributed by atoms with Crippen LogP contribution in [0.5, 0.6) is 17.2 Å². The van der Waals surface area contributed by atoms with E-state index in [9.17, 15) is 4.79 Å². The molecular formula is C22H22N2O4S. The molecule has 0 spiro atoms. The van der Waals surface area contributed by atoms with Gasteiger partial charge in [0.15, 0.2) is 16.6 Å². The summed E-state index contributed by atoms with van der Waals surface area (Å²) in [7, 11) is 0. The maximum atomic E-state index is 12.8. The van der Waals surface area contributed by atoms with Gasteiger partial charge < -0.3 is 19.5 Å². The minimum Gasteiger partial charge on any atom is -0.493 e. The molecule has 1 atom stereocenters. The molecule has 4 rings (SSSR count). The van der Waals surface area contributed by atoms with E-state index < -0.39 is 0 Å². The third-order valence-electron chi connectivity index (χ3n) is 4.66. The molecule has 6 nitrogen and oxygen atoms in total. The smallest absolute Gasteiger partial charge is 0.233 e. The summed E-state index contributed by atoms with van der Waals surface area (Å²) in [6, 6.07) is 13.4. The van der Waals surface area contributed by atoms with Crippen LogP contribution in [-0.2, 0) is 4.79 Å². The topological polar surface area (TPSA) is 69.7 Å². The Kier molecular flexibility index (Phi) is 5.67. The average molecular weight is 410 g/mol. The van der Waals surface area contributed by atoms with E-state index in [-0.39, 0.29) is 11.8 Å². The van der Waals surface area contributed by atoms with Crippen LogP contribution in [0.3, 0.4) is 0 Å². The van der Waals surface area contributed by atoms with Gasteiger partial charge in [-0.25, -0.2) is 4.98 Å². The predicted octanol–water partition coefficient (Wildman–Crippen LogP) is 4.72. The molecule has 1 amide bonds. The number of nitrogens with zero attached hydrogens (tertiary/aromatic N) is 1. The summed E-state index contributed by atoms with van der Waals surface area (Å²) in [5.41, 5.74) is 2.55. The number of aromatic nitrogens is 1. The highest BCUT2D eigenvalue weighted by Crippen LogP contribution is 2.35. The van der Waals surface area contributed by atoms with Gasteiger partial charge in [-0.1, -0.05) is 18.2 Å². The highest BCUT2D eigenvalue weighted by molar-refractivity contribution is 7.14. The second-order valence-corrected chi connectivity index (χ2v) is 7.44. The highest BCUT2D eigenvalue weighted by atomic mass is 32.1. The predicted molar refractivity (Wildman–Crippen MR) is 113 cm³/mol. The third kappa shape index (κ3) is 4.19. The second-order valence-electron chi connectivity index (χ2n) is 6.58. The van der Waals surface area contributed by atoms with Crippen molar-refractivity contribution < 1.29 is 19.0 Å². The number of amides is 1. The van der Waals surface area contributed by atoms with Crippen LogP contribution >= 0.6 is 11.3 Å². The van der Waals surface area contributed by atoms with E-state index in [1.54, 1.807) is 0 Å². The lowest BCUT2D eigenvalue weighted by Crippen LogP contribution is -2.20. The van der Waals surface area contributed by atoms with Gasteiger partial charge in [0.2, 0.25) is 5.91 Å². The lowest BCUT2D eigenvalue weighted by Gasteiger charge is -2.20. The Morgan fingerprint density at radius 1 is 1.21 bits per heavy atom. The van der Waals surface area contributed by atoms with Gasteiger partial charge >= 0.3 is 0 Å². The van der Waals surface area contributed by atoms with Crippen LogP contribution in [0, 0.1) is 0 Å². The molecule has 29 heavy (non-hydrogen) atoms. The summed E-state index contributed by atoms with van der Waals surface area (Å²) >= 11 is 1.39. The fraction of sp³-hybridized carbons (Fsp3) is 0.273. The van der Waals surface area contributed by atoms with Gasteiger partial charge in [0, 0.05) is 10.9 Å². The van der Waals surface area contributed by atoms with E-state index in [1.807, 2.05) is 61.7 Å². The summed E-state index contributed by atoms with van der Waals surface area (Å²) < 4.78 is 16.8. The summed E-state index contributed by atoms with van der Waals surface area (Å²) in [4.78, 5) is 17.3. The number of carbonyl (C=O) groups excluding carboxylic acids is 1. The molecule has 0 radical (unpaired) electrons. The van der Waals surface area contributed by atoms with E-state index in [0.717, 1.165) is 22.6 Å². The molecule has 2 heterocycles. The SMILES string of the molecule is CCOc1ccccc1-c1csc(NC(=O)C(C)c2ccc3c(c2)OCCO3)n1. The molecule has 7 heteroatoms. The molecule has 1 N–H and O–H groups in total. The molecule has 1 unspecified atom stereocenters. The number of benzene rings is 2. The highest BCUT2D eigenvalue weighted by Gasteiger charge is 2.20. The van der Waals surface area contributed by atoms with Crippen molar-refractivity contribution in [2.45, 2.75) is 19.8 Å². The van der Waals surface area contributed by atoms with Crippen molar-refractivity contribution in [3.05, 3.63) is 53.4 Å². The van der Waals surface area contributed by atoms with E-state index >= 15 is 0 Å². The van der Waals surface area contributed by atoms with Gasteiger partial charge in [-0.3, -0.25) is 4.79 Å². The number of rotatable bonds is 6. The van der Waals surface area contributed by atoms with Crippen molar-refractivity contribution in [1.29, 1.82) is 0 Å². The second kappa shape index (κ2) is 8.53. The Labute approximate surface area is 173 Å². The largest absolute Gasteiger partial charge is 0.493 e. The third-order valence-corrected chi connectivity index (χ3v) is 5.41. The standard InChI is InChI=1S/C22H22N2O4S/c1-3-26-18-7-5-4-6-16(18)17-13-29-22(23-17)24-21(25)14(2)15-8-9-19-20(12-15)28-11-10-27-19/h4-9,12-14H,3,10-11H2,1-2H3,(H,23,24,25). The van der Waals surface area contributed by atoms with Crippen LogP contribution in [-0.4, -0.2) is 30.7 Å². The van der Waals surface area contributed by atoms with Crippen molar-refractivity contribution in [2.75, 3.05) is 25.1 Å². The number of hydrogen-bond acceptors (Lipinski definition) is 6. The first-order valence-corrected chi connectivity index (χ1v) is 10.4. The lowest BCUT2D eigenvalue weighted by molar-refractivity contribution is -0.117. The maximum Gasteiger partial charge on any atom is 0.233 e. The van der Waals surface area contributed by atoms with Gasteiger partial charge in [-0.2, -0.15) is 0 Å². The van der Waals surface area contributed by atoms with Crippen LogP contribution < -0.4 is 19.5 Å². The number of hydrogen-bond donors (Lipinski definition) is 1. The molecule has 0 saturated heterocycles. The fourth-order valence-electron chi connectivity index (χ4n) is 3.11. The van der Waals surface area contributed by atoms with E-state index in [1.165, 1.54) is 11.3 Å². The van der Waals surface area contributed by atoms with Crippen LogP contribution in [0.4, 0.5) is 5.13 Å². The molecule has 2 aromatic carbocycles. The minimum absolute atomic E-state index is 0.124. The Bertz CT molecular complexity index is 1020. The van der Waals surface area contributed by atoms with Crippen LogP contribution in [0.2, 0.25) is 0 Å². The van der Waals surface area contributed by atoms with E-state index in [0.29, 0.717) is 36.5 Å². The number of ether oxygens (including phenoxy) is 3. The number of fused-ring (bicyclic) bond motifs is 1. The fourth-order valence-corrected chi connectivity index (χ4v) is 3.82. The maximum absolute atomic E-state index is 12.8. The zero-order chi connectivity index (χ0) is 20.2. The van der Waals surface area contributed by atoms with Gasteiger partial charge in [0.05, 0.1) is 18.2 Å². The van der Waals surface area contributed by atoms with Gasteiger partial charge in [0.25, 0.3) is 0 Å². The summed E-state index contributed by atoms with van der Waals surface area (Å²) in [5, 5.41) is 5.39. The first-order chi connectivity index (χ1) is 14.2. The number of anilines is 1. The molecule has 3 aromatic rings. The van der Waals surface area contributed by atoms with E-state index in [2.05, 4.69) is 10.3 Å². The molecule has 0 fully saturated rings. The Hall–Kier alpha value is -3.06. The van der Waals surface area contributed by atoms with Crippen LogP contribution in [0.1, 0.15) is 25.3 Å².